The molecule has 0 radical (unpaired) electrons. The molecule has 0 spiro atoms. The summed E-state index contributed by atoms with van der Waals surface area (Å²) >= 11 is 6.79. The van der Waals surface area contributed by atoms with Gasteiger partial charge in [0.25, 0.3) is 0 Å². The highest BCUT2D eigenvalue weighted by Crippen LogP contribution is 2.24. The Balaban J connectivity index is 2.13. The maximum absolute atomic E-state index is 5.88. The van der Waals surface area contributed by atoms with Crippen LogP contribution in [0.5, 0.6) is 5.75 Å². The first-order valence-electron chi connectivity index (χ1n) is 4.93. The average molecular weight is 358 g/mol. The van der Waals surface area contributed by atoms with E-state index in [0.717, 1.165) is 14.5 Å². The lowest BCUT2D eigenvalue weighted by atomic mass is 10.2. The number of aromatic nitrogens is 1. The van der Waals surface area contributed by atoms with E-state index < -0.39 is 0 Å². The van der Waals surface area contributed by atoms with Crippen LogP contribution in [0.2, 0.25) is 0 Å². The third-order valence-electron chi connectivity index (χ3n) is 2.22. The Hall–Kier alpha value is -1.07. The van der Waals surface area contributed by atoms with Crippen LogP contribution in [0.1, 0.15) is 5.56 Å². The number of halogens is 2. The summed E-state index contributed by atoms with van der Waals surface area (Å²) in [6.07, 6.45) is 3.37. The van der Waals surface area contributed by atoms with Gasteiger partial charge in [-0.1, -0.05) is 22.0 Å². The number of nitrogens with zero attached hydrogens (tertiary/aromatic N) is 1. The van der Waals surface area contributed by atoms with Gasteiger partial charge in [-0.05, 0) is 34.1 Å². The van der Waals surface area contributed by atoms with E-state index in [9.17, 15) is 0 Å². The van der Waals surface area contributed by atoms with Gasteiger partial charge in [-0.15, -0.1) is 0 Å². The molecule has 3 nitrogen and oxygen atoms in total. The number of rotatable bonds is 3. The smallest absolute Gasteiger partial charge is 0.139 e. The van der Waals surface area contributed by atoms with Crippen molar-refractivity contribution < 1.29 is 4.74 Å². The van der Waals surface area contributed by atoms with Gasteiger partial charge in [0, 0.05) is 26.4 Å². The molecule has 0 unspecified atom stereocenters. The first-order valence-corrected chi connectivity index (χ1v) is 6.51. The van der Waals surface area contributed by atoms with Crippen molar-refractivity contribution in [2.24, 2.45) is 0 Å². The molecular formula is C12H10Br2N2O. The van der Waals surface area contributed by atoms with Crippen LogP contribution < -0.4 is 10.5 Å². The molecule has 2 aromatic rings. The number of ether oxygens (including phenoxy) is 1. The average Bonchev–Trinajstić information content (AvgIpc) is 2.28. The Kier molecular flexibility index (Phi) is 4.02. The van der Waals surface area contributed by atoms with Crippen molar-refractivity contribution in [1.82, 2.24) is 4.98 Å². The summed E-state index contributed by atoms with van der Waals surface area (Å²) in [6, 6.07) is 7.54. The number of nitrogen functional groups attached to an aromatic ring is 1. The Morgan fingerprint density at radius 2 is 2.06 bits per heavy atom. The number of anilines is 1. The summed E-state index contributed by atoms with van der Waals surface area (Å²) in [6.45, 7) is 0.408. The van der Waals surface area contributed by atoms with Gasteiger partial charge in [-0.3, -0.25) is 4.98 Å². The van der Waals surface area contributed by atoms with Crippen LogP contribution >= 0.6 is 31.9 Å². The lowest BCUT2D eigenvalue weighted by Gasteiger charge is -2.10. The van der Waals surface area contributed by atoms with Crippen LogP contribution in [0.25, 0.3) is 0 Å². The number of hydrogen-bond donors (Lipinski definition) is 1. The molecule has 2 rings (SSSR count). The molecule has 0 aliphatic heterocycles. The molecule has 0 amide bonds. The van der Waals surface area contributed by atoms with Crippen LogP contribution in [0.15, 0.2) is 45.6 Å². The van der Waals surface area contributed by atoms with E-state index in [2.05, 4.69) is 36.8 Å². The van der Waals surface area contributed by atoms with Crippen LogP contribution in [0.3, 0.4) is 0 Å². The summed E-state index contributed by atoms with van der Waals surface area (Å²) < 4.78 is 7.46. The second-order valence-electron chi connectivity index (χ2n) is 3.44. The third kappa shape index (κ3) is 3.20. The van der Waals surface area contributed by atoms with Gasteiger partial charge in [0.1, 0.15) is 12.4 Å². The lowest BCUT2D eigenvalue weighted by Crippen LogP contribution is -2.01. The van der Waals surface area contributed by atoms with Gasteiger partial charge >= 0.3 is 0 Å². The molecule has 0 saturated carbocycles. The van der Waals surface area contributed by atoms with E-state index in [1.54, 1.807) is 12.4 Å². The minimum atomic E-state index is 0.408. The largest absolute Gasteiger partial charge is 0.487 e. The van der Waals surface area contributed by atoms with Crippen molar-refractivity contribution in [2.45, 2.75) is 6.61 Å². The minimum absolute atomic E-state index is 0.408. The van der Waals surface area contributed by atoms with Crippen LogP contribution in [-0.2, 0) is 6.61 Å². The number of hydrogen-bond acceptors (Lipinski definition) is 3. The summed E-state index contributed by atoms with van der Waals surface area (Å²) in [5.41, 5.74) is 7.53. The maximum atomic E-state index is 5.88. The zero-order valence-corrected chi connectivity index (χ0v) is 12.0. The Morgan fingerprint density at radius 3 is 2.76 bits per heavy atom. The zero-order valence-electron chi connectivity index (χ0n) is 8.86. The summed E-state index contributed by atoms with van der Waals surface area (Å²) in [7, 11) is 0. The second-order valence-corrected chi connectivity index (χ2v) is 5.21. The van der Waals surface area contributed by atoms with Crippen molar-refractivity contribution in [3.05, 3.63) is 51.2 Å². The van der Waals surface area contributed by atoms with E-state index in [1.807, 2.05) is 24.3 Å². The van der Waals surface area contributed by atoms with E-state index in [-0.39, 0.29) is 0 Å². The predicted octanol–water partition coefficient (Wildman–Crippen LogP) is 3.77. The highest BCUT2D eigenvalue weighted by molar-refractivity contribution is 9.10. The van der Waals surface area contributed by atoms with Crippen molar-refractivity contribution in [3.8, 4) is 5.75 Å². The van der Waals surface area contributed by atoms with E-state index in [1.165, 1.54) is 0 Å². The van der Waals surface area contributed by atoms with Crippen LogP contribution in [0.4, 0.5) is 5.69 Å². The highest BCUT2D eigenvalue weighted by atomic mass is 79.9. The van der Waals surface area contributed by atoms with Gasteiger partial charge < -0.3 is 10.5 Å². The SMILES string of the molecule is Nc1cccc(Br)c1COc1cncc(Br)c1. The Morgan fingerprint density at radius 1 is 1.24 bits per heavy atom. The van der Waals surface area contributed by atoms with Gasteiger partial charge in [-0.2, -0.15) is 0 Å². The molecule has 5 heteroatoms. The number of benzene rings is 1. The molecule has 2 N–H and O–H groups in total. The lowest BCUT2D eigenvalue weighted by molar-refractivity contribution is 0.304. The fourth-order valence-electron chi connectivity index (χ4n) is 1.35. The maximum Gasteiger partial charge on any atom is 0.139 e. The molecule has 0 saturated heterocycles. The van der Waals surface area contributed by atoms with E-state index in [0.29, 0.717) is 18.0 Å². The predicted molar refractivity (Wildman–Crippen MR) is 74.8 cm³/mol. The molecule has 1 aromatic carbocycles. The van der Waals surface area contributed by atoms with Crippen molar-refractivity contribution in [2.75, 3.05) is 5.73 Å². The monoisotopic (exact) mass is 356 g/mol. The van der Waals surface area contributed by atoms with Crippen molar-refractivity contribution >= 4 is 37.5 Å². The first-order chi connectivity index (χ1) is 8.16. The number of nitrogens with two attached hydrogens (primary N) is 1. The Bertz CT molecular complexity index is 511. The first kappa shape index (κ1) is 12.4. The summed E-state index contributed by atoms with van der Waals surface area (Å²) in [4.78, 5) is 4.03. The van der Waals surface area contributed by atoms with Gasteiger partial charge in [0.05, 0.1) is 6.20 Å². The topological polar surface area (TPSA) is 48.1 Å². The molecule has 17 heavy (non-hydrogen) atoms. The molecule has 88 valence electrons. The molecule has 0 fully saturated rings. The molecule has 0 aliphatic rings. The van der Waals surface area contributed by atoms with Crippen LogP contribution in [-0.4, -0.2) is 4.98 Å². The normalized spacial score (nSPS) is 10.2. The van der Waals surface area contributed by atoms with E-state index >= 15 is 0 Å². The van der Waals surface area contributed by atoms with Crippen molar-refractivity contribution in [3.63, 3.8) is 0 Å². The molecule has 1 heterocycles. The highest BCUT2D eigenvalue weighted by Gasteiger charge is 2.05. The molecule has 0 atom stereocenters. The quantitative estimate of drug-likeness (QED) is 0.850. The molecular weight excluding hydrogens is 348 g/mol. The minimum Gasteiger partial charge on any atom is -0.487 e. The molecule has 0 aliphatic carbocycles. The van der Waals surface area contributed by atoms with Gasteiger partial charge in [-0.25, -0.2) is 0 Å². The van der Waals surface area contributed by atoms with Gasteiger partial charge in [0.15, 0.2) is 0 Å². The fraction of sp³-hybridized carbons (Fsp3) is 0.0833. The zero-order chi connectivity index (χ0) is 12.3. The van der Waals surface area contributed by atoms with Gasteiger partial charge in [0.2, 0.25) is 0 Å². The van der Waals surface area contributed by atoms with Crippen molar-refractivity contribution in [1.29, 1.82) is 0 Å². The molecule has 0 bridgehead atoms. The number of pyridine rings is 1. The van der Waals surface area contributed by atoms with Crippen LogP contribution in [0, 0.1) is 0 Å². The standard InChI is InChI=1S/C12H10Br2N2O/c13-8-4-9(6-16-5-8)17-7-10-11(14)2-1-3-12(10)15/h1-6H,7,15H2. The Labute approximate surface area is 116 Å². The molecule has 1 aromatic heterocycles. The third-order valence-corrected chi connectivity index (χ3v) is 3.39. The van der Waals surface area contributed by atoms with E-state index in [4.69, 9.17) is 10.5 Å². The fourth-order valence-corrected chi connectivity index (χ4v) is 2.19. The summed E-state index contributed by atoms with van der Waals surface area (Å²) in [5, 5.41) is 0. The second kappa shape index (κ2) is 5.51. The summed E-state index contributed by atoms with van der Waals surface area (Å²) in [5.74, 6) is 0.703.